The van der Waals surface area contributed by atoms with Crippen molar-refractivity contribution in [2.24, 2.45) is 0 Å². The molecule has 1 aliphatic heterocycles. The van der Waals surface area contributed by atoms with Crippen LogP contribution in [0.2, 0.25) is 0 Å². The average molecular weight is 397 g/mol. The summed E-state index contributed by atoms with van der Waals surface area (Å²) in [6, 6.07) is 10.6. The van der Waals surface area contributed by atoms with E-state index < -0.39 is 30.3 Å². The molecule has 1 saturated heterocycles. The predicted octanol–water partition coefficient (Wildman–Crippen LogP) is 2.23. The van der Waals surface area contributed by atoms with Crippen molar-refractivity contribution in [2.75, 3.05) is 6.54 Å². The van der Waals surface area contributed by atoms with Gasteiger partial charge in [-0.15, -0.1) is 11.3 Å². The summed E-state index contributed by atoms with van der Waals surface area (Å²) in [5.41, 5.74) is 2.27. The molecule has 8 heteroatoms. The number of hydrogen-bond donors (Lipinski definition) is 1. The van der Waals surface area contributed by atoms with Crippen LogP contribution in [0, 0.1) is 0 Å². The number of carbonyl (C=O) groups is 4. The summed E-state index contributed by atoms with van der Waals surface area (Å²) in [4.78, 5) is 51.8. The molecule has 1 N–H and O–H groups in total. The molecule has 1 aromatic carbocycles. The molecule has 1 fully saturated rings. The van der Waals surface area contributed by atoms with Gasteiger partial charge in [-0.25, -0.2) is 9.69 Å². The highest BCUT2D eigenvalue weighted by atomic mass is 32.1. The van der Waals surface area contributed by atoms with Crippen LogP contribution in [-0.2, 0) is 27.3 Å². The first-order valence-electron chi connectivity index (χ1n) is 9.11. The lowest BCUT2D eigenvalue weighted by Crippen LogP contribution is -2.42. The second-order valence-electron chi connectivity index (χ2n) is 6.86. The molecule has 0 bridgehead atoms. The summed E-state index contributed by atoms with van der Waals surface area (Å²) in [5, 5.41) is 4.73. The third-order valence-corrected chi connectivity index (χ3v) is 5.90. The van der Waals surface area contributed by atoms with Gasteiger partial charge in [0, 0.05) is 4.88 Å². The molecular weight excluding hydrogens is 378 g/mol. The van der Waals surface area contributed by atoms with E-state index in [1.165, 1.54) is 16.9 Å². The minimum Gasteiger partial charge on any atom is -0.348 e. The maximum absolute atomic E-state index is 12.5. The molecule has 144 valence electrons. The molecule has 5 amide bonds. The van der Waals surface area contributed by atoms with Gasteiger partial charge in [0.1, 0.15) is 6.54 Å². The number of rotatable bonds is 5. The number of nitrogens with zero attached hydrogens (tertiary/aromatic N) is 2. The van der Waals surface area contributed by atoms with Gasteiger partial charge in [-0.1, -0.05) is 30.3 Å². The van der Waals surface area contributed by atoms with E-state index in [1.54, 1.807) is 12.1 Å². The number of amides is 5. The van der Waals surface area contributed by atoms with Crippen molar-refractivity contribution < 1.29 is 19.2 Å². The fourth-order valence-electron chi connectivity index (χ4n) is 3.68. The minimum atomic E-state index is -0.958. The molecule has 2 heterocycles. The number of benzene rings is 1. The first-order valence-corrected chi connectivity index (χ1v) is 9.99. The van der Waals surface area contributed by atoms with E-state index in [9.17, 15) is 19.2 Å². The van der Waals surface area contributed by atoms with Gasteiger partial charge >= 0.3 is 17.8 Å². The largest absolute Gasteiger partial charge is 0.348 e. The Morgan fingerprint density at radius 2 is 1.86 bits per heavy atom. The Morgan fingerprint density at radius 3 is 2.64 bits per heavy atom. The van der Waals surface area contributed by atoms with Gasteiger partial charge in [-0.2, -0.15) is 0 Å². The first-order chi connectivity index (χ1) is 13.5. The lowest BCUT2D eigenvalue weighted by atomic mass is 9.88. The van der Waals surface area contributed by atoms with Crippen LogP contribution in [0.25, 0.3) is 0 Å². The Bertz CT molecular complexity index is 941. The topological polar surface area (TPSA) is 86.8 Å². The second-order valence-corrected chi connectivity index (χ2v) is 7.89. The molecular formula is C20H19N3O4S. The molecule has 7 nitrogen and oxygen atoms in total. The van der Waals surface area contributed by atoms with Gasteiger partial charge < -0.3 is 5.32 Å². The number of thiophene rings is 1. The summed E-state index contributed by atoms with van der Waals surface area (Å²) < 4.78 is 0. The standard InChI is InChI=1S/C20H19N3O4S/c24-17(21-16-9-3-6-13-5-1-2-8-15(13)16)12-23-19(26)18(25)22(20(23)27)11-14-7-4-10-28-14/h1-2,4-5,7-8,10,16H,3,6,9,11-12H2,(H,21,24). The predicted molar refractivity (Wildman–Crippen MR) is 102 cm³/mol. The van der Waals surface area contributed by atoms with Crippen LogP contribution in [0.1, 0.15) is 34.9 Å². The van der Waals surface area contributed by atoms with Crippen molar-refractivity contribution in [1.29, 1.82) is 0 Å². The Balaban J connectivity index is 1.43. The van der Waals surface area contributed by atoms with E-state index in [4.69, 9.17) is 0 Å². The molecule has 1 unspecified atom stereocenters. The van der Waals surface area contributed by atoms with E-state index in [0.29, 0.717) is 0 Å². The van der Waals surface area contributed by atoms with E-state index >= 15 is 0 Å². The zero-order chi connectivity index (χ0) is 19.7. The number of hydrogen-bond acceptors (Lipinski definition) is 5. The smallest absolute Gasteiger partial charge is 0.335 e. The van der Waals surface area contributed by atoms with E-state index in [0.717, 1.165) is 39.5 Å². The highest BCUT2D eigenvalue weighted by Gasteiger charge is 2.45. The number of carbonyl (C=O) groups excluding carboxylic acids is 4. The summed E-state index contributed by atoms with van der Waals surface area (Å²) >= 11 is 1.39. The van der Waals surface area contributed by atoms with Gasteiger partial charge in [-0.05, 0) is 41.8 Å². The second kappa shape index (κ2) is 7.55. The fourth-order valence-corrected chi connectivity index (χ4v) is 4.37. The fraction of sp³-hybridized carbons (Fsp3) is 0.300. The van der Waals surface area contributed by atoms with E-state index in [1.807, 2.05) is 29.6 Å². The third kappa shape index (κ3) is 3.43. The molecule has 1 aromatic heterocycles. The maximum atomic E-state index is 12.5. The molecule has 2 aliphatic rings. The molecule has 1 aliphatic carbocycles. The minimum absolute atomic E-state index is 0.0369. The molecule has 2 aromatic rings. The molecule has 0 radical (unpaired) electrons. The van der Waals surface area contributed by atoms with Crippen molar-refractivity contribution >= 4 is 35.1 Å². The normalized spacial score (nSPS) is 19.1. The van der Waals surface area contributed by atoms with Crippen LogP contribution in [0.3, 0.4) is 0 Å². The lowest BCUT2D eigenvalue weighted by Gasteiger charge is -2.27. The Labute approximate surface area is 165 Å². The molecule has 4 rings (SSSR count). The highest BCUT2D eigenvalue weighted by molar-refractivity contribution is 7.09. The van der Waals surface area contributed by atoms with Crippen molar-refractivity contribution in [2.45, 2.75) is 31.8 Å². The summed E-state index contributed by atoms with van der Waals surface area (Å²) in [6.45, 7) is -0.418. The van der Waals surface area contributed by atoms with Crippen molar-refractivity contribution in [3.63, 3.8) is 0 Å². The number of imide groups is 2. The SMILES string of the molecule is O=C(CN1C(=O)C(=O)N(Cc2cccs2)C1=O)NC1CCCc2ccccc21. The van der Waals surface area contributed by atoms with Gasteiger partial charge in [0.25, 0.3) is 0 Å². The summed E-state index contributed by atoms with van der Waals surface area (Å²) in [6.07, 6.45) is 2.72. The van der Waals surface area contributed by atoms with Crippen LogP contribution >= 0.6 is 11.3 Å². The Morgan fingerprint density at radius 1 is 1.07 bits per heavy atom. The highest BCUT2D eigenvalue weighted by Crippen LogP contribution is 2.29. The van der Waals surface area contributed by atoms with Crippen LogP contribution in [0.5, 0.6) is 0 Å². The Hall–Kier alpha value is -3.00. The van der Waals surface area contributed by atoms with Gasteiger partial charge in [0.2, 0.25) is 5.91 Å². The third-order valence-electron chi connectivity index (χ3n) is 5.04. The zero-order valence-electron chi connectivity index (χ0n) is 15.1. The molecule has 0 spiro atoms. The van der Waals surface area contributed by atoms with E-state index in [2.05, 4.69) is 5.32 Å². The van der Waals surface area contributed by atoms with Crippen molar-refractivity contribution in [3.8, 4) is 0 Å². The van der Waals surface area contributed by atoms with Gasteiger partial charge in [0.05, 0.1) is 12.6 Å². The zero-order valence-corrected chi connectivity index (χ0v) is 15.9. The van der Waals surface area contributed by atoms with Crippen molar-refractivity contribution in [3.05, 3.63) is 57.8 Å². The van der Waals surface area contributed by atoms with Gasteiger partial charge in [-0.3, -0.25) is 19.3 Å². The monoisotopic (exact) mass is 397 g/mol. The maximum Gasteiger partial charge on any atom is 0.335 e. The number of urea groups is 1. The van der Waals surface area contributed by atoms with Gasteiger partial charge in [0.15, 0.2) is 0 Å². The number of nitrogens with one attached hydrogen (secondary N) is 1. The van der Waals surface area contributed by atoms with Crippen LogP contribution in [-0.4, -0.2) is 40.1 Å². The van der Waals surface area contributed by atoms with Crippen LogP contribution in [0.4, 0.5) is 4.79 Å². The number of aryl methyl sites for hydroxylation is 1. The van der Waals surface area contributed by atoms with Crippen LogP contribution in [0.15, 0.2) is 41.8 Å². The van der Waals surface area contributed by atoms with Crippen molar-refractivity contribution in [1.82, 2.24) is 15.1 Å². The lowest BCUT2D eigenvalue weighted by molar-refractivity contribution is -0.144. The number of fused-ring (bicyclic) bond motifs is 1. The first kappa shape index (κ1) is 18.4. The quantitative estimate of drug-likeness (QED) is 0.619. The molecule has 0 saturated carbocycles. The summed E-state index contributed by atoms with van der Waals surface area (Å²) in [5.74, 6) is -2.30. The summed E-state index contributed by atoms with van der Waals surface area (Å²) in [7, 11) is 0. The Kier molecular flexibility index (Phi) is 4.95. The van der Waals surface area contributed by atoms with E-state index in [-0.39, 0.29) is 12.6 Å². The van der Waals surface area contributed by atoms with Crippen LogP contribution < -0.4 is 5.32 Å². The molecule has 1 atom stereocenters. The average Bonchev–Trinajstić information content (AvgIpc) is 3.28. The molecule has 28 heavy (non-hydrogen) atoms.